The van der Waals surface area contributed by atoms with Crippen LogP contribution in [0.4, 0.5) is 0 Å². The van der Waals surface area contributed by atoms with Gasteiger partial charge in [0, 0.05) is 25.4 Å². The van der Waals surface area contributed by atoms with Crippen molar-refractivity contribution >= 4 is 10.8 Å². The normalized spacial score (nSPS) is 15.2. The highest BCUT2D eigenvalue weighted by molar-refractivity contribution is 5.94. The number of rotatable bonds is 3. The summed E-state index contributed by atoms with van der Waals surface area (Å²) < 4.78 is 2.31. The van der Waals surface area contributed by atoms with E-state index in [1.165, 1.54) is 71.0 Å². The average Bonchev–Trinajstić information content (AvgIpc) is 3.10. The Morgan fingerprint density at radius 1 is 1.08 bits per heavy atom. The van der Waals surface area contributed by atoms with Crippen LogP contribution >= 0.6 is 0 Å². The van der Waals surface area contributed by atoms with E-state index in [1.807, 2.05) is 12.4 Å². The van der Waals surface area contributed by atoms with E-state index in [0.29, 0.717) is 0 Å². The maximum atomic E-state index is 4.26. The van der Waals surface area contributed by atoms with Gasteiger partial charge in [0.1, 0.15) is 7.05 Å². The maximum Gasteiger partial charge on any atom is 0.220 e. The van der Waals surface area contributed by atoms with Crippen molar-refractivity contribution in [2.45, 2.75) is 46.0 Å². The summed E-state index contributed by atoms with van der Waals surface area (Å²) >= 11 is 0. The van der Waals surface area contributed by atoms with Gasteiger partial charge in [-0.25, -0.2) is 0 Å². The average molecular weight is 331 g/mol. The Hall–Kier alpha value is -2.22. The monoisotopic (exact) mass is 331 g/mol. The van der Waals surface area contributed by atoms with Crippen LogP contribution in [0.5, 0.6) is 0 Å². The molecule has 4 rings (SSSR count). The maximum absolute atomic E-state index is 4.26. The lowest BCUT2D eigenvalue weighted by Gasteiger charge is -2.12. The summed E-state index contributed by atoms with van der Waals surface area (Å²) in [6.45, 7) is 4.34. The van der Waals surface area contributed by atoms with E-state index >= 15 is 0 Å². The zero-order valence-electron chi connectivity index (χ0n) is 15.5. The van der Waals surface area contributed by atoms with Crippen LogP contribution in [0.1, 0.15) is 42.5 Å². The molecule has 0 radical (unpaired) electrons. The van der Waals surface area contributed by atoms with E-state index < -0.39 is 0 Å². The van der Waals surface area contributed by atoms with Crippen molar-refractivity contribution in [2.75, 3.05) is 0 Å². The van der Waals surface area contributed by atoms with Gasteiger partial charge >= 0.3 is 0 Å². The van der Waals surface area contributed by atoms with Crippen molar-refractivity contribution in [3.63, 3.8) is 0 Å². The minimum Gasteiger partial charge on any atom is -0.264 e. The highest BCUT2D eigenvalue weighted by Gasteiger charge is 2.20. The number of pyridine rings is 2. The molecule has 128 valence electrons. The Kier molecular flexibility index (Phi) is 4.29. The van der Waals surface area contributed by atoms with Gasteiger partial charge < -0.3 is 0 Å². The number of aromatic nitrogens is 2. The van der Waals surface area contributed by atoms with Crippen molar-refractivity contribution in [1.82, 2.24) is 4.98 Å². The van der Waals surface area contributed by atoms with E-state index in [-0.39, 0.29) is 0 Å². The molecule has 2 aromatic heterocycles. The molecule has 0 N–H and O–H groups in total. The van der Waals surface area contributed by atoms with E-state index in [0.717, 1.165) is 5.92 Å². The van der Waals surface area contributed by atoms with Gasteiger partial charge in [-0.3, -0.25) is 4.98 Å². The number of nitrogens with zero attached hydrogens (tertiary/aromatic N) is 2. The molecule has 2 nitrogen and oxygen atoms in total. The predicted octanol–water partition coefficient (Wildman–Crippen LogP) is 5.08. The third-order valence-corrected chi connectivity index (χ3v) is 5.87. The summed E-state index contributed by atoms with van der Waals surface area (Å²) in [4.78, 5) is 4.26. The molecule has 1 fully saturated rings. The lowest BCUT2D eigenvalue weighted by Crippen LogP contribution is -2.35. The van der Waals surface area contributed by atoms with E-state index in [9.17, 15) is 0 Å². The first-order valence-corrected chi connectivity index (χ1v) is 9.47. The molecular formula is C23H27N2+. The standard InChI is InChI=1S/C23H27N2/c1-16-15-24-11-10-21(16)23-22-9-8-19(13-18-6-4-5-7-18)14-20(22)12-17(2)25(23)3/h8-12,14-15,18H,4-7,13H2,1-3H3/q+1. The Balaban J connectivity index is 1.85. The number of hydrogen-bond donors (Lipinski definition) is 0. The van der Waals surface area contributed by atoms with E-state index in [1.54, 1.807) is 0 Å². The van der Waals surface area contributed by atoms with Crippen molar-refractivity contribution in [3.05, 3.63) is 59.5 Å². The molecule has 1 aliphatic carbocycles. The first kappa shape index (κ1) is 16.3. The Labute approximate surface area is 150 Å². The lowest BCUT2D eigenvalue weighted by atomic mass is 9.94. The largest absolute Gasteiger partial charge is 0.264 e. The summed E-state index contributed by atoms with van der Waals surface area (Å²) in [5, 5.41) is 2.69. The molecule has 1 saturated carbocycles. The predicted molar refractivity (Wildman–Crippen MR) is 103 cm³/mol. The molecule has 0 unspecified atom stereocenters. The topological polar surface area (TPSA) is 16.8 Å². The van der Waals surface area contributed by atoms with Crippen molar-refractivity contribution in [2.24, 2.45) is 13.0 Å². The number of hydrogen-bond acceptors (Lipinski definition) is 1. The van der Waals surface area contributed by atoms with Gasteiger partial charge in [0.25, 0.3) is 0 Å². The van der Waals surface area contributed by atoms with Gasteiger partial charge in [0.2, 0.25) is 5.69 Å². The highest BCUT2D eigenvalue weighted by Crippen LogP contribution is 2.32. The van der Waals surface area contributed by atoms with E-state index in [4.69, 9.17) is 0 Å². The molecule has 0 spiro atoms. The quantitative estimate of drug-likeness (QED) is 0.612. The van der Waals surface area contributed by atoms with Crippen LogP contribution in [-0.2, 0) is 13.5 Å². The van der Waals surface area contributed by atoms with Gasteiger partial charge in [-0.05, 0) is 47.9 Å². The Morgan fingerprint density at radius 2 is 1.88 bits per heavy atom. The van der Waals surface area contributed by atoms with Gasteiger partial charge in [0.15, 0.2) is 5.69 Å². The van der Waals surface area contributed by atoms with Crippen molar-refractivity contribution < 1.29 is 4.57 Å². The minimum absolute atomic E-state index is 0.889. The van der Waals surface area contributed by atoms with Crippen molar-refractivity contribution in [1.29, 1.82) is 0 Å². The fraction of sp³-hybridized carbons (Fsp3) is 0.391. The zero-order valence-corrected chi connectivity index (χ0v) is 15.5. The molecule has 25 heavy (non-hydrogen) atoms. The van der Waals surface area contributed by atoms with Gasteiger partial charge in [-0.15, -0.1) is 0 Å². The van der Waals surface area contributed by atoms with Crippen LogP contribution < -0.4 is 4.57 Å². The van der Waals surface area contributed by atoms with Gasteiger partial charge in [-0.2, -0.15) is 4.57 Å². The molecule has 2 heteroatoms. The molecule has 0 atom stereocenters. The van der Waals surface area contributed by atoms with Gasteiger partial charge in [-0.1, -0.05) is 37.8 Å². The van der Waals surface area contributed by atoms with E-state index in [2.05, 4.69) is 60.8 Å². The minimum atomic E-state index is 0.889. The molecule has 0 bridgehead atoms. The Bertz CT molecular complexity index is 921. The second-order valence-electron chi connectivity index (χ2n) is 7.66. The van der Waals surface area contributed by atoms with Crippen molar-refractivity contribution in [3.8, 4) is 11.3 Å². The first-order chi connectivity index (χ1) is 12.1. The fourth-order valence-electron chi connectivity index (χ4n) is 4.37. The second-order valence-corrected chi connectivity index (χ2v) is 7.66. The first-order valence-electron chi connectivity index (χ1n) is 9.47. The molecule has 0 saturated heterocycles. The van der Waals surface area contributed by atoms with Crippen LogP contribution in [0.15, 0.2) is 42.7 Å². The summed E-state index contributed by atoms with van der Waals surface area (Å²) in [6, 6.07) is 11.6. The fourth-order valence-corrected chi connectivity index (χ4v) is 4.37. The third-order valence-electron chi connectivity index (χ3n) is 5.87. The lowest BCUT2D eigenvalue weighted by molar-refractivity contribution is -0.665. The smallest absolute Gasteiger partial charge is 0.220 e. The molecule has 1 aliphatic rings. The van der Waals surface area contributed by atoms with Crippen LogP contribution in [-0.4, -0.2) is 4.98 Å². The van der Waals surface area contributed by atoms with Crippen LogP contribution in [0, 0.1) is 19.8 Å². The molecule has 1 aromatic carbocycles. The second kappa shape index (κ2) is 6.59. The summed E-state index contributed by atoms with van der Waals surface area (Å²) in [5.74, 6) is 0.889. The van der Waals surface area contributed by atoms with Gasteiger partial charge in [0.05, 0.1) is 10.9 Å². The highest BCUT2D eigenvalue weighted by atomic mass is 14.9. The summed E-state index contributed by atoms with van der Waals surface area (Å²) in [6.07, 6.45) is 10.7. The van der Waals surface area contributed by atoms with Crippen LogP contribution in [0.2, 0.25) is 0 Å². The van der Waals surface area contributed by atoms with Crippen LogP contribution in [0.3, 0.4) is 0 Å². The molecular weight excluding hydrogens is 304 g/mol. The molecule has 3 aromatic rings. The molecule has 2 heterocycles. The zero-order chi connectivity index (χ0) is 17.4. The SMILES string of the molecule is Cc1cnccc1-c1c2ccc(CC3CCCC3)cc2cc(C)[n+]1C. The molecule has 0 amide bonds. The third kappa shape index (κ3) is 3.06. The number of benzene rings is 1. The Morgan fingerprint density at radius 3 is 2.64 bits per heavy atom. The number of fused-ring (bicyclic) bond motifs is 1. The molecule has 0 aliphatic heterocycles. The summed E-state index contributed by atoms with van der Waals surface area (Å²) in [5.41, 5.74) is 6.57. The van der Waals surface area contributed by atoms with Crippen LogP contribution in [0.25, 0.3) is 22.0 Å². The number of aryl methyl sites for hydroxylation is 2. The summed E-state index contributed by atoms with van der Waals surface area (Å²) in [7, 11) is 2.16.